The fraction of sp³-hybridized carbons (Fsp3) is 0.471. The quantitative estimate of drug-likeness (QED) is 0.318. The summed E-state index contributed by atoms with van der Waals surface area (Å²) in [5.41, 5.74) is 0.369. The molecule has 3 aromatic rings. The minimum absolute atomic E-state index is 0.0569. The Bertz CT molecular complexity index is 1810. The van der Waals surface area contributed by atoms with Gasteiger partial charge in [-0.15, -0.1) is 0 Å². The molecule has 14 heteroatoms. The molecule has 2 aliphatic rings. The molecule has 0 spiro atoms. The van der Waals surface area contributed by atoms with Crippen molar-refractivity contribution in [2.24, 2.45) is 0 Å². The lowest BCUT2D eigenvalue weighted by Crippen LogP contribution is -2.62. The van der Waals surface area contributed by atoms with Gasteiger partial charge >= 0.3 is 18.3 Å². The Balaban J connectivity index is 1.66. The highest BCUT2D eigenvalue weighted by Crippen LogP contribution is 2.41. The summed E-state index contributed by atoms with van der Waals surface area (Å²) in [5.74, 6) is -0.890. The second-order valence-electron chi connectivity index (χ2n) is 14.1. The van der Waals surface area contributed by atoms with Gasteiger partial charge in [0.25, 0.3) is 0 Å². The molecule has 0 aliphatic carbocycles. The number of carbonyl (C=O) groups is 4. The van der Waals surface area contributed by atoms with Gasteiger partial charge in [-0.25, -0.2) is 23.8 Å². The van der Waals surface area contributed by atoms with Crippen molar-refractivity contribution in [2.45, 2.75) is 85.5 Å². The highest BCUT2D eigenvalue weighted by atomic mass is 19.1. The summed E-state index contributed by atoms with van der Waals surface area (Å²) in [4.78, 5) is 63.4. The molecule has 0 saturated carbocycles. The van der Waals surface area contributed by atoms with Crippen LogP contribution in [0.3, 0.4) is 0 Å². The number of aromatic nitrogens is 2. The lowest BCUT2D eigenvalue weighted by molar-refractivity contribution is -0.133. The van der Waals surface area contributed by atoms with Gasteiger partial charge in [-0.1, -0.05) is 0 Å². The van der Waals surface area contributed by atoms with Crippen LogP contribution >= 0.6 is 0 Å². The highest BCUT2D eigenvalue weighted by Gasteiger charge is 2.38. The van der Waals surface area contributed by atoms with E-state index in [-0.39, 0.29) is 41.5 Å². The van der Waals surface area contributed by atoms with Crippen molar-refractivity contribution in [3.05, 3.63) is 41.6 Å². The molecule has 1 saturated heterocycles. The third-order valence-corrected chi connectivity index (χ3v) is 8.05. The first kappa shape index (κ1) is 34.3. The van der Waals surface area contributed by atoms with E-state index in [1.165, 1.54) is 41.2 Å². The van der Waals surface area contributed by atoms with Crippen molar-refractivity contribution in [3.63, 3.8) is 0 Å². The maximum atomic E-state index is 16.7. The van der Waals surface area contributed by atoms with Crippen LogP contribution < -0.4 is 15.1 Å². The molecule has 5 rings (SSSR count). The SMILES string of the molecule is CC(=O)N1CC(N(C(=O)O)c2cc3cc(-c4cnc5c(c4C)N(C(=O)OC(C)(C)C)CCC5)c(F)c(NC(=O)OC(C)(C)C)c3cn2)C1. The Morgan fingerprint density at radius 3 is 2.27 bits per heavy atom. The van der Waals surface area contributed by atoms with Crippen molar-refractivity contribution in [2.75, 3.05) is 34.8 Å². The molecule has 2 N–H and O–H groups in total. The number of hydrogen-bond acceptors (Lipinski definition) is 8. The molecule has 1 aromatic carbocycles. The van der Waals surface area contributed by atoms with Gasteiger partial charge in [0.15, 0.2) is 5.82 Å². The lowest BCUT2D eigenvalue weighted by atomic mass is 9.94. The molecule has 4 heterocycles. The number of carboxylic acid groups (broad SMARTS) is 1. The molecule has 4 amide bonds. The molecule has 0 atom stereocenters. The summed E-state index contributed by atoms with van der Waals surface area (Å²) >= 11 is 0. The number of nitrogens with one attached hydrogen (secondary N) is 1. The number of likely N-dealkylation sites (tertiary alicyclic amines) is 1. The molecule has 1 fully saturated rings. The Hall–Kier alpha value is -5.01. The second kappa shape index (κ2) is 12.5. The van der Waals surface area contributed by atoms with Gasteiger partial charge in [0.05, 0.1) is 23.1 Å². The molecular formula is C34H41FN6O7. The summed E-state index contributed by atoms with van der Waals surface area (Å²) in [5, 5.41) is 13.2. The van der Waals surface area contributed by atoms with Crippen LogP contribution in [0.2, 0.25) is 0 Å². The topological polar surface area (TPSA) is 154 Å². The van der Waals surface area contributed by atoms with E-state index in [1.54, 1.807) is 48.5 Å². The number of ether oxygens (including phenoxy) is 2. The number of fused-ring (bicyclic) bond motifs is 2. The Morgan fingerprint density at radius 1 is 1.00 bits per heavy atom. The zero-order valence-electron chi connectivity index (χ0n) is 28.4. The number of aryl methyl sites for hydroxylation is 1. The molecule has 0 bridgehead atoms. The van der Waals surface area contributed by atoms with Crippen LogP contribution in [0.1, 0.15) is 66.1 Å². The maximum Gasteiger partial charge on any atom is 0.414 e. The van der Waals surface area contributed by atoms with Gasteiger partial charge in [-0.2, -0.15) is 0 Å². The van der Waals surface area contributed by atoms with Gasteiger partial charge in [0, 0.05) is 55.5 Å². The molecule has 2 aromatic heterocycles. The first-order chi connectivity index (χ1) is 22.3. The van der Waals surface area contributed by atoms with Crippen molar-refractivity contribution in [3.8, 4) is 11.1 Å². The van der Waals surface area contributed by atoms with Gasteiger partial charge in [0.2, 0.25) is 5.91 Å². The highest BCUT2D eigenvalue weighted by molar-refractivity contribution is 6.05. The summed E-state index contributed by atoms with van der Waals surface area (Å²) in [6.45, 7) is 14.3. The summed E-state index contributed by atoms with van der Waals surface area (Å²) in [6, 6.07) is 2.51. The van der Waals surface area contributed by atoms with E-state index in [1.807, 2.05) is 0 Å². The van der Waals surface area contributed by atoms with Crippen LogP contribution in [0.4, 0.5) is 36.0 Å². The number of hydrogen-bond donors (Lipinski definition) is 2. The molecular weight excluding hydrogens is 623 g/mol. The van der Waals surface area contributed by atoms with Crippen LogP contribution in [0.25, 0.3) is 21.9 Å². The van der Waals surface area contributed by atoms with Crippen LogP contribution in [-0.2, 0) is 20.7 Å². The van der Waals surface area contributed by atoms with Crippen LogP contribution in [0, 0.1) is 12.7 Å². The van der Waals surface area contributed by atoms with E-state index < -0.39 is 41.3 Å². The number of rotatable bonds is 4. The number of pyridine rings is 2. The first-order valence-electron chi connectivity index (χ1n) is 15.7. The number of benzene rings is 1. The monoisotopic (exact) mass is 664 g/mol. The zero-order valence-corrected chi connectivity index (χ0v) is 28.4. The fourth-order valence-corrected chi connectivity index (χ4v) is 5.91. The normalized spacial score (nSPS) is 15.0. The first-order valence-corrected chi connectivity index (χ1v) is 15.7. The molecule has 48 heavy (non-hydrogen) atoms. The maximum absolute atomic E-state index is 16.7. The second-order valence-corrected chi connectivity index (χ2v) is 14.1. The third kappa shape index (κ3) is 6.97. The number of nitrogens with zero attached hydrogens (tertiary/aromatic N) is 5. The predicted molar refractivity (Wildman–Crippen MR) is 178 cm³/mol. The number of amides is 4. The van der Waals surface area contributed by atoms with Crippen molar-refractivity contribution in [1.29, 1.82) is 0 Å². The molecule has 13 nitrogen and oxygen atoms in total. The van der Waals surface area contributed by atoms with Crippen molar-refractivity contribution >= 4 is 52.2 Å². The van der Waals surface area contributed by atoms with E-state index >= 15 is 4.39 Å². The molecule has 256 valence electrons. The molecule has 0 radical (unpaired) electrons. The third-order valence-electron chi connectivity index (χ3n) is 8.05. The largest absolute Gasteiger partial charge is 0.465 e. The van der Waals surface area contributed by atoms with E-state index in [2.05, 4.69) is 15.3 Å². The van der Waals surface area contributed by atoms with Gasteiger partial charge in [-0.05, 0) is 84.4 Å². The summed E-state index contributed by atoms with van der Waals surface area (Å²) in [7, 11) is 0. The average molecular weight is 665 g/mol. The summed E-state index contributed by atoms with van der Waals surface area (Å²) in [6.07, 6.45) is 1.42. The van der Waals surface area contributed by atoms with Crippen LogP contribution in [0.5, 0.6) is 0 Å². The van der Waals surface area contributed by atoms with E-state index in [4.69, 9.17) is 9.47 Å². The van der Waals surface area contributed by atoms with E-state index in [9.17, 15) is 24.3 Å². The predicted octanol–water partition coefficient (Wildman–Crippen LogP) is 6.49. The molecule has 2 aliphatic heterocycles. The van der Waals surface area contributed by atoms with Crippen molar-refractivity contribution in [1.82, 2.24) is 14.9 Å². The van der Waals surface area contributed by atoms with Gasteiger partial charge < -0.3 is 19.5 Å². The minimum Gasteiger partial charge on any atom is -0.465 e. The lowest BCUT2D eigenvalue weighted by Gasteiger charge is -2.43. The Morgan fingerprint density at radius 2 is 1.67 bits per heavy atom. The van der Waals surface area contributed by atoms with Crippen molar-refractivity contribution < 1.29 is 38.1 Å². The van der Waals surface area contributed by atoms with Gasteiger partial charge in [0.1, 0.15) is 17.0 Å². The average Bonchev–Trinajstić information content (AvgIpc) is 2.93. The van der Waals surface area contributed by atoms with Crippen LogP contribution in [-0.4, -0.2) is 81.0 Å². The number of carbonyl (C=O) groups excluding carboxylic acids is 3. The Kier molecular flexibility index (Phi) is 8.97. The van der Waals surface area contributed by atoms with Crippen LogP contribution in [0.15, 0.2) is 24.5 Å². The Labute approximate surface area is 278 Å². The van der Waals surface area contributed by atoms with Gasteiger partial charge in [-0.3, -0.25) is 24.9 Å². The fourth-order valence-electron chi connectivity index (χ4n) is 5.91. The number of anilines is 3. The van der Waals surface area contributed by atoms with E-state index in [0.29, 0.717) is 47.3 Å². The molecule has 0 unspecified atom stereocenters. The zero-order chi connectivity index (χ0) is 35.3. The standard InChI is InChI=1S/C34H41FN6O7/c1-18-23(14-36-25-10-9-11-40(29(18)25)32(46)48-34(6,7)8)22-12-20-13-26(41(31(44)45)21-16-39(17-21)19(2)42)37-15-24(20)28(27(22)35)38-30(43)47-33(3,4)5/h12-15,21H,9-11,16-17H2,1-8H3,(H,38,43)(H,44,45). The number of halogens is 1. The summed E-state index contributed by atoms with van der Waals surface area (Å²) < 4.78 is 27.8. The van der Waals surface area contributed by atoms with E-state index in [0.717, 1.165) is 4.90 Å². The smallest absolute Gasteiger partial charge is 0.414 e. The minimum atomic E-state index is -1.26.